The predicted molar refractivity (Wildman–Crippen MR) is 95.8 cm³/mol. The molecule has 0 aliphatic rings. The minimum absolute atomic E-state index is 0.0233. The Morgan fingerprint density at radius 2 is 1.64 bits per heavy atom. The zero-order chi connectivity index (χ0) is 19.5. The molecule has 0 unspecified atom stereocenters. The maximum Gasteiger partial charge on any atom is 0.261 e. The number of hydrogen-bond acceptors (Lipinski definition) is 4. The van der Waals surface area contributed by atoms with Gasteiger partial charge in [-0.2, -0.15) is 4.98 Å². The van der Waals surface area contributed by atoms with Crippen molar-refractivity contribution < 1.29 is 22.4 Å². The Labute approximate surface area is 158 Å². The molecule has 0 N–H and O–H groups in total. The molecule has 7 heteroatoms. The Kier molecular flexibility index (Phi) is 4.80. The monoisotopic (exact) mass is 382 g/mol. The Hall–Kier alpha value is -3.61. The van der Waals surface area contributed by atoms with Crippen LogP contribution in [0.2, 0.25) is 0 Å². The van der Waals surface area contributed by atoms with Crippen LogP contribution >= 0.6 is 0 Å². The van der Waals surface area contributed by atoms with Gasteiger partial charge in [-0.25, -0.2) is 13.2 Å². The summed E-state index contributed by atoms with van der Waals surface area (Å²) in [7, 11) is 0. The second-order valence-electron chi connectivity index (χ2n) is 5.99. The zero-order valence-electron chi connectivity index (χ0n) is 14.4. The van der Waals surface area contributed by atoms with Crippen LogP contribution in [0.1, 0.15) is 5.56 Å². The molecule has 0 aliphatic heterocycles. The molecule has 0 bridgehead atoms. The predicted octanol–water partition coefficient (Wildman–Crippen LogP) is 5.40. The van der Waals surface area contributed by atoms with E-state index < -0.39 is 11.6 Å². The van der Waals surface area contributed by atoms with E-state index in [4.69, 9.17) is 9.26 Å². The van der Waals surface area contributed by atoms with E-state index in [2.05, 4.69) is 10.1 Å². The Morgan fingerprint density at radius 3 is 2.39 bits per heavy atom. The Balaban J connectivity index is 1.47. The quantitative estimate of drug-likeness (QED) is 0.464. The summed E-state index contributed by atoms with van der Waals surface area (Å²) >= 11 is 0. The summed E-state index contributed by atoms with van der Waals surface area (Å²) in [5.41, 5.74) is 1.37. The van der Waals surface area contributed by atoms with E-state index in [0.29, 0.717) is 16.9 Å². The molecule has 4 nitrogen and oxygen atoms in total. The molecule has 0 atom stereocenters. The van der Waals surface area contributed by atoms with Gasteiger partial charge in [-0.15, -0.1) is 0 Å². The van der Waals surface area contributed by atoms with Crippen LogP contribution < -0.4 is 4.74 Å². The fraction of sp³-hybridized carbons (Fsp3) is 0.0476. The standard InChI is InChI=1S/C21H13F3N2O2/c22-15-3-1-2-13(10-15)12-27-17-7-4-14(5-8-17)20-25-21(28-26-20)18-9-6-16(23)11-19(18)24/h1-11H,12H2. The number of halogens is 3. The number of aromatic nitrogens is 2. The number of benzene rings is 3. The first kappa shape index (κ1) is 17.8. The van der Waals surface area contributed by atoms with Crippen molar-refractivity contribution in [2.75, 3.05) is 0 Å². The first-order valence-electron chi connectivity index (χ1n) is 8.35. The molecular weight excluding hydrogens is 369 g/mol. The highest BCUT2D eigenvalue weighted by atomic mass is 19.1. The van der Waals surface area contributed by atoms with E-state index >= 15 is 0 Å². The summed E-state index contributed by atoms with van der Waals surface area (Å²) in [5, 5.41) is 3.83. The summed E-state index contributed by atoms with van der Waals surface area (Å²) < 4.78 is 50.8. The summed E-state index contributed by atoms with van der Waals surface area (Å²) in [6, 6.07) is 16.1. The third kappa shape index (κ3) is 3.88. The van der Waals surface area contributed by atoms with Gasteiger partial charge in [-0.3, -0.25) is 0 Å². The molecular formula is C21H13F3N2O2. The summed E-state index contributed by atoms with van der Waals surface area (Å²) in [6.07, 6.45) is 0. The molecule has 0 spiro atoms. The van der Waals surface area contributed by atoms with Crippen molar-refractivity contribution in [3.8, 4) is 28.6 Å². The van der Waals surface area contributed by atoms with Crippen molar-refractivity contribution in [1.29, 1.82) is 0 Å². The van der Waals surface area contributed by atoms with Gasteiger partial charge in [0.1, 0.15) is 29.8 Å². The maximum atomic E-state index is 13.8. The summed E-state index contributed by atoms with van der Waals surface area (Å²) in [4.78, 5) is 4.15. The highest BCUT2D eigenvalue weighted by Crippen LogP contribution is 2.26. The zero-order valence-corrected chi connectivity index (χ0v) is 14.4. The largest absolute Gasteiger partial charge is 0.489 e. The van der Waals surface area contributed by atoms with Crippen LogP contribution in [0.25, 0.3) is 22.8 Å². The van der Waals surface area contributed by atoms with Gasteiger partial charge in [-0.1, -0.05) is 17.3 Å². The maximum absolute atomic E-state index is 13.8. The highest BCUT2D eigenvalue weighted by Gasteiger charge is 2.15. The molecule has 0 aliphatic carbocycles. The van der Waals surface area contributed by atoms with E-state index in [1.807, 2.05) is 0 Å². The van der Waals surface area contributed by atoms with Crippen molar-refractivity contribution in [1.82, 2.24) is 10.1 Å². The van der Waals surface area contributed by atoms with E-state index in [9.17, 15) is 13.2 Å². The number of hydrogen-bond donors (Lipinski definition) is 0. The Bertz CT molecular complexity index is 1110. The molecule has 28 heavy (non-hydrogen) atoms. The molecule has 140 valence electrons. The van der Waals surface area contributed by atoms with Crippen molar-refractivity contribution in [3.63, 3.8) is 0 Å². The average Bonchev–Trinajstić information content (AvgIpc) is 3.17. The fourth-order valence-electron chi connectivity index (χ4n) is 2.61. The second kappa shape index (κ2) is 7.56. The van der Waals surface area contributed by atoms with Gasteiger partial charge >= 0.3 is 0 Å². The van der Waals surface area contributed by atoms with Crippen molar-refractivity contribution in [2.24, 2.45) is 0 Å². The molecule has 1 aromatic heterocycles. The van der Waals surface area contributed by atoms with E-state index in [-0.39, 0.29) is 29.7 Å². The molecule has 0 saturated carbocycles. The van der Waals surface area contributed by atoms with Crippen LogP contribution in [0.5, 0.6) is 5.75 Å². The van der Waals surface area contributed by atoms with Gasteiger partial charge < -0.3 is 9.26 Å². The van der Waals surface area contributed by atoms with Crippen molar-refractivity contribution >= 4 is 0 Å². The summed E-state index contributed by atoms with van der Waals surface area (Å²) in [6.45, 7) is 0.229. The minimum Gasteiger partial charge on any atom is -0.489 e. The molecule has 4 rings (SSSR count). The average molecular weight is 382 g/mol. The second-order valence-corrected chi connectivity index (χ2v) is 5.99. The lowest BCUT2D eigenvalue weighted by Crippen LogP contribution is -1.95. The fourth-order valence-corrected chi connectivity index (χ4v) is 2.61. The molecule has 0 saturated heterocycles. The van der Waals surface area contributed by atoms with Crippen LogP contribution in [0.4, 0.5) is 13.2 Å². The van der Waals surface area contributed by atoms with Gasteiger partial charge in [0.25, 0.3) is 5.89 Å². The van der Waals surface area contributed by atoms with E-state index in [0.717, 1.165) is 12.1 Å². The van der Waals surface area contributed by atoms with Crippen LogP contribution in [0.3, 0.4) is 0 Å². The van der Waals surface area contributed by atoms with E-state index in [1.54, 1.807) is 36.4 Å². The molecule has 1 heterocycles. The van der Waals surface area contributed by atoms with Crippen LogP contribution in [-0.2, 0) is 6.61 Å². The topological polar surface area (TPSA) is 48.2 Å². The molecule has 4 aromatic rings. The molecule has 0 amide bonds. The van der Waals surface area contributed by atoms with Gasteiger partial charge in [0.15, 0.2) is 0 Å². The number of ether oxygens (including phenoxy) is 1. The highest BCUT2D eigenvalue weighted by molar-refractivity contribution is 5.60. The third-order valence-corrected chi connectivity index (χ3v) is 3.99. The van der Waals surface area contributed by atoms with E-state index in [1.165, 1.54) is 18.2 Å². The molecule has 0 radical (unpaired) electrons. The van der Waals surface area contributed by atoms with Gasteiger partial charge in [0.2, 0.25) is 5.82 Å². The van der Waals surface area contributed by atoms with Crippen molar-refractivity contribution in [2.45, 2.75) is 6.61 Å². The first-order valence-corrected chi connectivity index (χ1v) is 8.35. The lowest BCUT2D eigenvalue weighted by molar-refractivity contribution is 0.305. The Morgan fingerprint density at radius 1 is 0.857 bits per heavy atom. The minimum atomic E-state index is -0.781. The number of rotatable bonds is 5. The normalized spacial score (nSPS) is 10.8. The lowest BCUT2D eigenvalue weighted by Gasteiger charge is -2.06. The summed E-state index contributed by atoms with van der Waals surface area (Å²) in [5.74, 6) is -0.983. The van der Waals surface area contributed by atoms with Gasteiger partial charge in [0.05, 0.1) is 5.56 Å². The molecule has 0 fully saturated rings. The van der Waals surface area contributed by atoms with Gasteiger partial charge in [-0.05, 0) is 54.1 Å². The van der Waals surface area contributed by atoms with Crippen LogP contribution in [0, 0.1) is 17.5 Å². The lowest BCUT2D eigenvalue weighted by atomic mass is 10.2. The SMILES string of the molecule is Fc1cccc(COc2ccc(-c3noc(-c4ccc(F)cc4F)n3)cc2)c1. The smallest absolute Gasteiger partial charge is 0.261 e. The van der Waals surface area contributed by atoms with Crippen molar-refractivity contribution in [3.05, 3.63) is 89.7 Å². The number of nitrogens with zero attached hydrogens (tertiary/aromatic N) is 2. The third-order valence-electron chi connectivity index (χ3n) is 3.99. The first-order chi connectivity index (χ1) is 13.6. The molecule has 3 aromatic carbocycles. The van der Waals surface area contributed by atoms with Gasteiger partial charge in [0, 0.05) is 11.6 Å². The van der Waals surface area contributed by atoms with Crippen LogP contribution in [-0.4, -0.2) is 10.1 Å². The van der Waals surface area contributed by atoms with Crippen LogP contribution in [0.15, 0.2) is 71.3 Å².